The maximum Gasteiger partial charge on any atom is 0.136 e. The van der Waals surface area contributed by atoms with Crippen LogP contribution in [-0.4, -0.2) is 43.4 Å². The van der Waals surface area contributed by atoms with E-state index in [-0.39, 0.29) is 12.1 Å². The molecule has 0 aromatic carbocycles. The number of amidine groups is 1. The highest BCUT2D eigenvalue weighted by Crippen LogP contribution is 2.13. The normalized spacial score (nSPS) is 30.6. The first kappa shape index (κ1) is 10.6. The molecule has 0 saturated carbocycles. The zero-order chi connectivity index (χ0) is 11.5. The highest BCUT2D eigenvalue weighted by atomic mass is 15.4. The largest absolute Gasteiger partial charge is 0.293 e. The van der Waals surface area contributed by atoms with Crippen LogP contribution in [0.25, 0.3) is 0 Å². The minimum absolute atomic E-state index is 0.0332. The third-order valence-corrected chi connectivity index (χ3v) is 3.22. The average molecular weight is 232 g/mol. The molecule has 0 bridgehead atoms. The molecule has 0 aliphatic carbocycles. The summed E-state index contributed by atoms with van der Waals surface area (Å²) in [5.41, 5.74) is 4.15. The van der Waals surface area contributed by atoms with Crippen LogP contribution in [0.15, 0.2) is 20.1 Å². The van der Waals surface area contributed by atoms with E-state index in [1.807, 2.05) is 6.21 Å². The molecule has 0 fully saturated rings. The zero-order valence-corrected chi connectivity index (χ0v) is 9.63. The Morgan fingerprint density at radius 1 is 1.41 bits per heavy atom. The van der Waals surface area contributed by atoms with E-state index in [4.69, 9.17) is 0 Å². The van der Waals surface area contributed by atoms with Crippen LogP contribution in [0.2, 0.25) is 0 Å². The van der Waals surface area contributed by atoms with E-state index in [1.54, 1.807) is 6.34 Å². The predicted octanol–water partition coefficient (Wildman–Crippen LogP) is 0.173. The molecule has 3 heterocycles. The molecule has 90 valence electrons. The highest BCUT2D eigenvalue weighted by Gasteiger charge is 2.29. The lowest BCUT2D eigenvalue weighted by molar-refractivity contribution is 0.534. The van der Waals surface area contributed by atoms with Crippen LogP contribution in [0.5, 0.6) is 0 Å². The Morgan fingerprint density at radius 3 is 3.29 bits per heavy atom. The van der Waals surface area contributed by atoms with Crippen molar-refractivity contribution < 1.29 is 0 Å². The van der Waals surface area contributed by atoms with E-state index < -0.39 is 0 Å². The van der Waals surface area contributed by atoms with Crippen molar-refractivity contribution in [2.45, 2.75) is 25.4 Å². The van der Waals surface area contributed by atoms with Crippen molar-refractivity contribution >= 4 is 24.1 Å². The molecule has 0 spiro atoms. The Morgan fingerprint density at radius 2 is 2.41 bits per heavy atom. The van der Waals surface area contributed by atoms with E-state index in [1.165, 1.54) is 18.6 Å². The summed E-state index contributed by atoms with van der Waals surface area (Å²) < 4.78 is 0. The summed E-state index contributed by atoms with van der Waals surface area (Å²) in [6, 6.07) is 0. The van der Waals surface area contributed by atoms with Crippen LogP contribution in [0.1, 0.15) is 19.3 Å². The van der Waals surface area contributed by atoms with Gasteiger partial charge in [-0.3, -0.25) is 20.7 Å². The maximum atomic E-state index is 4.52. The second-order valence-corrected chi connectivity index (χ2v) is 4.43. The summed E-state index contributed by atoms with van der Waals surface area (Å²) in [6.45, 7) is 1.80. The first-order chi connectivity index (χ1) is 8.43. The van der Waals surface area contributed by atoms with Gasteiger partial charge in [0.15, 0.2) is 0 Å². The fourth-order valence-corrected chi connectivity index (χ4v) is 2.24. The topological polar surface area (TPSA) is 73.5 Å². The average Bonchev–Trinajstić information content (AvgIpc) is 2.86. The number of nitrogens with one attached hydrogen (secondary N) is 2. The Bertz CT molecular complexity index is 408. The Hall–Kier alpha value is -1.56. The standard InChI is InChI=1S/C11H16N6/c1-2-4-12-8(3-1)5-13-10-9-6-16-17-11(9)15-7-14-10/h6-7,9-10,13H,1-5H2,(H,14,15,17). The van der Waals surface area contributed by atoms with Crippen molar-refractivity contribution in [1.29, 1.82) is 0 Å². The summed E-state index contributed by atoms with van der Waals surface area (Å²) in [6.07, 6.45) is 7.07. The molecule has 0 radical (unpaired) electrons. The van der Waals surface area contributed by atoms with Crippen molar-refractivity contribution in [1.82, 2.24) is 10.7 Å². The summed E-state index contributed by atoms with van der Waals surface area (Å²) in [7, 11) is 0. The van der Waals surface area contributed by atoms with Gasteiger partial charge in [0, 0.05) is 25.0 Å². The van der Waals surface area contributed by atoms with Crippen molar-refractivity contribution in [3.05, 3.63) is 0 Å². The van der Waals surface area contributed by atoms with Gasteiger partial charge in [-0.2, -0.15) is 5.10 Å². The zero-order valence-electron chi connectivity index (χ0n) is 9.63. The van der Waals surface area contributed by atoms with Crippen LogP contribution in [0.3, 0.4) is 0 Å². The smallest absolute Gasteiger partial charge is 0.136 e. The molecule has 3 rings (SSSR count). The summed E-state index contributed by atoms with van der Waals surface area (Å²) in [4.78, 5) is 13.0. The van der Waals surface area contributed by atoms with Gasteiger partial charge in [-0.05, 0) is 19.3 Å². The maximum absolute atomic E-state index is 4.52. The Labute approximate surface area is 100 Å². The molecule has 2 unspecified atom stereocenters. The highest BCUT2D eigenvalue weighted by molar-refractivity contribution is 6.05. The number of hydrogen-bond acceptors (Lipinski definition) is 6. The van der Waals surface area contributed by atoms with Crippen molar-refractivity contribution in [3.8, 4) is 0 Å². The molecular weight excluding hydrogens is 216 g/mol. The van der Waals surface area contributed by atoms with Gasteiger partial charge in [0.1, 0.15) is 18.3 Å². The van der Waals surface area contributed by atoms with E-state index in [2.05, 4.69) is 30.8 Å². The van der Waals surface area contributed by atoms with Gasteiger partial charge >= 0.3 is 0 Å². The fraction of sp³-hybridized carbons (Fsp3) is 0.636. The molecule has 6 heteroatoms. The van der Waals surface area contributed by atoms with Crippen molar-refractivity contribution in [2.75, 3.05) is 13.1 Å². The third-order valence-electron chi connectivity index (χ3n) is 3.22. The van der Waals surface area contributed by atoms with Crippen molar-refractivity contribution in [3.63, 3.8) is 0 Å². The van der Waals surface area contributed by atoms with Crippen LogP contribution in [0, 0.1) is 5.92 Å². The second-order valence-electron chi connectivity index (χ2n) is 4.43. The first-order valence-corrected chi connectivity index (χ1v) is 6.07. The number of aliphatic imine (C=N–C) groups is 3. The van der Waals surface area contributed by atoms with E-state index in [9.17, 15) is 0 Å². The van der Waals surface area contributed by atoms with Gasteiger partial charge in [-0.25, -0.2) is 4.99 Å². The van der Waals surface area contributed by atoms with Crippen LogP contribution >= 0.6 is 0 Å². The SMILES string of the molecule is C1=NNC2=NC=NC(NCC3=NCCCC3)C12. The fourth-order valence-electron chi connectivity index (χ4n) is 2.24. The molecule has 6 nitrogen and oxygen atoms in total. The molecule has 2 N–H and O–H groups in total. The number of hydrogen-bond donors (Lipinski definition) is 2. The van der Waals surface area contributed by atoms with Gasteiger partial charge in [0.25, 0.3) is 0 Å². The van der Waals surface area contributed by atoms with Crippen LogP contribution < -0.4 is 10.7 Å². The summed E-state index contributed by atoms with van der Waals surface area (Å²) in [5.74, 6) is 1.02. The first-order valence-electron chi connectivity index (χ1n) is 6.07. The molecule has 0 aromatic rings. The second kappa shape index (κ2) is 4.75. The van der Waals surface area contributed by atoms with Crippen molar-refractivity contribution in [2.24, 2.45) is 26.0 Å². The van der Waals surface area contributed by atoms with E-state index in [0.717, 1.165) is 25.3 Å². The predicted molar refractivity (Wildman–Crippen MR) is 69.0 cm³/mol. The van der Waals surface area contributed by atoms with Crippen LogP contribution in [-0.2, 0) is 0 Å². The Kier molecular flexibility index (Phi) is 2.96. The quantitative estimate of drug-likeness (QED) is 0.728. The number of fused-ring (bicyclic) bond motifs is 1. The van der Waals surface area contributed by atoms with E-state index >= 15 is 0 Å². The number of rotatable bonds is 3. The van der Waals surface area contributed by atoms with Gasteiger partial charge in [-0.15, -0.1) is 0 Å². The molecule has 3 aliphatic rings. The van der Waals surface area contributed by atoms with Gasteiger partial charge < -0.3 is 0 Å². The molecule has 17 heavy (non-hydrogen) atoms. The molecule has 0 aromatic heterocycles. The lowest BCUT2D eigenvalue weighted by Gasteiger charge is -2.22. The number of hydrazone groups is 1. The van der Waals surface area contributed by atoms with Gasteiger partial charge in [0.2, 0.25) is 0 Å². The van der Waals surface area contributed by atoms with Gasteiger partial charge in [-0.1, -0.05) is 0 Å². The van der Waals surface area contributed by atoms with Crippen LogP contribution in [0.4, 0.5) is 0 Å². The molecule has 3 aliphatic heterocycles. The molecule has 2 atom stereocenters. The minimum Gasteiger partial charge on any atom is -0.293 e. The Balaban J connectivity index is 1.58. The summed E-state index contributed by atoms with van der Waals surface area (Å²) in [5, 5.41) is 7.44. The molecule has 0 saturated heterocycles. The lowest BCUT2D eigenvalue weighted by atomic mass is 10.1. The van der Waals surface area contributed by atoms with Gasteiger partial charge in [0.05, 0.1) is 5.92 Å². The van der Waals surface area contributed by atoms with E-state index in [0.29, 0.717) is 0 Å². The summed E-state index contributed by atoms with van der Waals surface area (Å²) >= 11 is 0. The lowest BCUT2D eigenvalue weighted by Crippen LogP contribution is -2.44. The number of nitrogens with zero attached hydrogens (tertiary/aromatic N) is 4. The monoisotopic (exact) mass is 232 g/mol. The minimum atomic E-state index is 0.0332. The molecule has 0 amide bonds. The third kappa shape index (κ3) is 2.26. The molecular formula is C11H16N6.